The largest absolute Gasteiger partial charge is 0.388 e. The molecular weight excluding hydrogens is 302 g/mol. The lowest BCUT2D eigenvalue weighted by atomic mass is 9.99. The Labute approximate surface area is 141 Å². The molecule has 24 heavy (non-hydrogen) atoms. The summed E-state index contributed by atoms with van der Waals surface area (Å²) in [5, 5.41) is 9.06. The SMILES string of the molecule is CC(c1ccccc1)N1CC(=O)Cc2ccc(C(=O)CO)cc2C1. The van der Waals surface area contributed by atoms with Crippen LogP contribution in [0.2, 0.25) is 0 Å². The van der Waals surface area contributed by atoms with Gasteiger partial charge in [-0.1, -0.05) is 42.5 Å². The maximum atomic E-state index is 12.3. The molecule has 0 spiro atoms. The van der Waals surface area contributed by atoms with E-state index < -0.39 is 6.61 Å². The highest BCUT2D eigenvalue weighted by Crippen LogP contribution is 2.26. The molecule has 1 N–H and O–H groups in total. The maximum Gasteiger partial charge on any atom is 0.188 e. The van der Waals surface area contributed by atoms with Crippen molar-refractivity contribution in [3.63, 3.8) is 0 Å². The van der Waals surface area contributed by atoms with E-state index in [-0.39, 0.29) is 17.6 Å². The van der Waals surface area contributed by atoms with Gasteiger partial charge in [-0.2, -0.15) is 0 Å². The van der Waals surface area contributed by atoms with Crippen molar-refractivity contribution in [1.29, 1.82) is 0 Å². The van der Waals surface area contributed by atoms with Gasteiger partial charge in [-0.05, 0) is 29.7 Å². The maximum absolute atomic E-state index is 12.3. The van der Waals surface area contributed by atoms with E-state index in [4.69, 9.17) is 5.11 Å². The fourth-order valence-electron chi connectivity index (χ4n) is 3.20. The average molecular weight is 323 g/mol. The number of carbonyl (C=O) groups is 2. The van der Waals surface area contributed by atoms with Crippen LogP contribution in [0.5, 0.6) is 0 Å². The van der Waals surface area contributed by atoms with Crippen molar-refractivity contribution in [2.24, 2.45) is 0 Å². The Balaban J connectivity index is 1.92. The molecule has 2 aromatic carbocycles. The highest BCUT2D eigenvalue weighted by atomic mass is 16.3. The summed E-state index contributed by atoms with van der Waals surface area (Å²) < 4.78 is 0. The van der Waals surface area contributed by atoms with Gasteiger partial charge in [-0.25, -0.2) is 0 Å². The van der Waals surface area contributed by atoms with Gasteiger partial charge in [0.05, 0.1) is 6.54 Å². The molecular formula is C20H21NO3. The Morgan fingerprint density at radius 3 is 2.58 bits per heavy atom. The highest BCUT2D eigenvalue weighted by Gasteiger charge is 2.24. The number of rotatable bonds is 4. The van der Waals surface area contributed by atoms with Crippen LogP contribution in [-0.2, 0) is 17.8 Å². The van der Waals surface area contributed by atoms with Crippen LogP contribution >= 0.6 is 0 Å². The van der Waals surface area contributed by atoms with E-state index in [1.54, 1.807) is 6.07 Å². The zero-order chi connectivity index (χ0) is 17.1. The number of aliphatic hydroxyl groups excluding tert-OH is 1. The quantitative estimate of drug-likeness (QED) is 0.879. The van der Waals surface area contributed by atoms with Crippen molar-refractivity contribution in [2.45, 2.75) is 25.9 Å². The molecule has 0 aromatic heterocycles. The molecule has 0 amide bonds. The molecule has 4 heteroatoms. The number of hydrogen-bond acceptors (Lipinski definition) is 4. The number of benzene rings is 2. The number of nitrogens with zero attached hydrogens (tertiary/aromatic N) is 1. The van der Waals surface area contributed by atoms with Crippen molar-refractivity contribution < 1.29 is 14.7 Å². The van der Waals surface area contributed by atoms with E-state index in [0.29, 0.717) is 25.1 Å². The van der Waals surface area contributed by atoms with Crippen LogP contribution in [0.25, 0.3) is 0 Å². The van der Waals surface area contributed by atoms with E-state index >= 15 is 0 Å². The smallest absolute Gasteiger partial charge is 0.188 e. The Hall–Kier alpha value is -2.30. The van der Waals surface area contributed by atoms with Crippen LogP contribution in [0.1, 0.15) is 40.0 Å². The zero-order valence-corrected chi connectivity index (χ0v) is 13.7. The normalized spacial score (nSPS) is 16.3. The summed E-state index contributed by atoms with van der Waals surface area (Å²) in [5.74, 6) is -0.117. The van der Waals surface area contributed by atoms with Crippen molar-refractivity contribution >= 4 is 11.6 Å². The molecule has 0 bridgehead atoms. The monoisotopic (exact) mass is 323 g/mol. The number of fused-ring (bicyclic) bond motifs is 1. The van der Waals surface area contributed by atoms with E-state index in [1.807, 2.05) is 30.3 Å². The van der Waals surface area contributed by atoms with Crippen molar-refractivity contribution in [3.8, 4) is 0 Å². The van der Waals surface area contributed by atoms with E-state index in [9.17, 15) is 9.59 Å². The molecule has 0 saturated heterocycles. The third kappa shape index (κ3) is 3.45. The molecule has 0 fully saturated rings. The lowest BCUT2D eigenvalue weighted by Crippen LogP contribution is -2.30. The minimum atomic E-state index is -0.498. The number of carbonyl (C=O) groups excluding carboxylic acids is 2. The van der Waals surface area contributed by atoms with Gasteiger partial charge in [-0.3, -0.25) is 14.5 Å². The second-order valence-electron chi connectivity index (χ2n) is 6.27. The summed E-state index contributed by atoms with van der Waals surface area (Å²) >= 11 is 0. The van der Waals surface area contributed by atoms with Gasteiger partial charge < -0.3 is 5.11 Å². The van der Waals surface area contributed by atoms with Crippen LogP contribution in [0.15, 0.2) is 48.5 Å². The summed E-state index contributed by atoms with van der Waals surface area (Å²) in [7, 11) is 0. The molecule has 2 aromatic rings. The molecule has 0 aliphatic carbocycles. The van der Waals surface area contributed by atoms with Gasteiger partial charge in [0.15, 0.2) is 11.6 Å². The average Bonchev–Trinajstić information content (AvgIpc) is 2.78. The summed E-state index contributed by atoms with van der Waals surface area (Å²) in [6.07, 6.45) is 0.390. The van der Waals surface area contributed by atoms with Crippen molar-refractivity contribution in [2.75, 3.05) is 13.2 Å². The first-order chi connectivity index (χ1) is 11.6. The highest BCUT2D eigenvalue weighted by molar-refractivity contribution is 5.97. The number of Topliss-reactive ketones (excluding diaryl/α,β-unsaturated/α-hetero) is 2. The topological polar surface area (TPSA) is 57.6 Å². The van der Waals surface area contributed by atoms with Gasteiger partial charge in [0, 0.05) is 24.6 Å². The van der Waals surface area contributed by atoms with Crippen LogP contribution in [0.3, 0.4) is 0 Å². The van der Waals surface area contributed by atoms with E-state index in [2.05, 4.69) is 24.0 Å². The molecule has 1 aliphatic heterocycles. The Kier molecular flexibility index (Phi) is 4.88. The fraction of sp³-hybridized carbons (Fsp3) is 0.300. The summed E-state index contributed by atoms with van der Waals surface area (Å²) in [6, 6.07) is 15.6. The van der Waals surface area contributed by atoms with Crippen LogP contribution in [0, 0.1) is 0 Å². The summed E-state index contributed by atoms with van der Waals surface area (Å²) in [6.45, 7) is 2.61. The predicted molar refractivity (Wildman–Crippen MR) is 91.8 cm³/mol. The van der Waals surface area contributed by atoms with Gasteiger partial charge in [-0.15, -0.1) is 0 Å². The van der Waals surface area contributed by atoms with Crippen LogP contribution in [0.4, 0.5) is 0 Å². The molecule has 1 atom stereocenters. The Morgan fingerprint density at radius 1 is 1.12 bits per heavy atom. The third-order valence-electron chi connectivity index (χ3n) is 4.64. The number of aliphatic hydroxyl groups is 1. The Morgan fingerprint density at radius 2 is 1.88 bits per heavy atom. The second kappa shape index (κ2) is 7.07. The van der Waals surface area contributed by atoms with E-state index in [1.165, 1.54) is 0 Å². The van der Waals surface area contributed by atoms with E-state index in [0.717, 1.165) is 16.7 Å². The fourth-order valence-corrected chi connectivity index (χ4v) is 3.20. The van der Waals surface area contributed by atoms with Gasteiger partial charge >= 0.3 is 0 Å². The summed E-state index contributed by atoms with van der Waals surface area (Å²) in [5.41, 5.74) is 3.62. The third-order valence-corrected chi connectivity index (χ3v) is 4.64. The minimum absolute atomic E-state index is 0.110. The first kappa shape index (κ1) is 16.6. The molecule has 1 heterocycles. The first-order valence-corrected chi connectivity index (χ1v) is 8.15. The molecule has 1 unspecified atom stereocenters. The second-order valence-corrected chi connectivity index (χ2v) is 6.27. The zero-order valence-electron chi connectivity index (χ0n) is 13.7. The molecule has 124 valence electrons. The van der Waals surface area contributed by atoms with Gasteiger partial charge in [0.1, 0.15) is 6.61 Å². The lowest BCUT2D eigenvalue weighted by molar-refractivity contribution is -0.119. The number of hydrogen-bond donors (Lipinski definition) is 1. The number of ketones is 2. The van der Waals surface area contributed by atoms with Crippen LogP contribution < -0.4 is 0 Å². The molecule has 3 rings (SSSR count). The summed E-state index contributed by atoms with van der Waals surface area (Å²) in [4.78, 5) is 26.2. The van der Waals surface area contributed by atoms with Gasteiger partial charge in [0.25, 0.3) is 0 Å². The molecule has 4 nitrogen and oxygen atoms in total. The molecule has 0 radical (unpaired) electrons. The van der Waals surface area contributed by atoms with Crippen molar-refractivity contribution in [1.82, 2.24) is 4.90 Å². The lowest BCUT2D eigenvalue weighted by Gasteiger charge is -2.27. The molecule has 0 saturated carbocycles. The standard InChI is InChI=1S/C20H21NO3/c1-14(15-5-3-2-4-6-15)21-11-18-9-17(20(24)13-22)8-7-16(18)10-19(23)12-21/h2-9,14,22H,10-13H2,1H3. The molecule has 1 aliphatic rings. The first-order valence-electron chi connectivity index (χ1n) is 8.15. The van der Waals surface area contributed by atoms with Crippen molar-refractivity contribution in [3.05, 3.63) is 70.8 Å². The Bertz CT molecular complexity index is 755. The van der Waals surface area contributed by atoms with Gasteiger partial charge in [0.2, 0.25) is 0 Å². The predicted octanol–water partition coefficient (Wildman–Crippen LogP) is 2.55. The minimum Gasteiger partial charge on any atom is -0.388 e. The van der Waals surface area contributed by atoms with Crippen LogP contribution in [-0.4, -0.2) is 34.7 Å².